The van der Waals surface area contributed by atoms with Crippen molar-refractivity contribution >= 4 is 15.9 Å². The van der Waals surface area contributed by atoms with E-state index in [1.807, 2.05) is 35.0 Å². The number of hydrogen-bond acceptors (Lipinski definition) is 4. The molecule has 0 bridgehead atoms. The summed E-state index contributed by atoms with van der Waals surface area (Å²) in [5, 5.41) is 4.89. The Morgan fingerprint density at radius 2 is 1.72 bits per heavy atom. The van der Waals surface area contributed by atoms with Crippen molar-refractivity contribution in [3.8, 4) is 28.3 Å². The molecule has 2 saturated heterocycles. The molecule has 168 valence electrons. The lowest BCUT2D eigenvalue weighted by Crippen LogP contribution is -2.25. The normalized spacial score (nSPS) is 21.4. The van der Waals surface area contributed by atoms with Crippen LogP contribution in [0.15, 0.2) is 53.0 Å². The quantitative estimate of drug-likeness (QED) is 0.389. The SMILES string of the molecule is Fc1ccc(OC2CCCCO2)c(-c2cc(-c3ccc(Br)cc3)n(C3CCCCO3)n2)c1. The number of hydrogen-bond donors (Lipinski definition) is 0. The van der Waals surface area contributed by atoms with Crippen LogP contribution in [0.2, 0.25) is 0 Å². The van der Waals surface area contributed by atoms with Gasteiger partial charge in [-0.3, -0.25) is 0 Å². The average Bonchev–Trinajstić information content (AvgIpc) is 3.27. The van der Waals surface area contributed by atoms with Crippen molar-refractivity contribution in [3.63, 3.8) is 0 Å². The van der Waals surface area contributed by atoms with Crippen LogP contribution in [0.25, 0.3) is 22.5 Å². The Morgan fingerprint density at radius 3 is 2.44 bits per heavy atom. The molecule has 7 heteroatoms. The molecule has 0 spiro atoms. The molecule has 2 fully saturated rings. The molecular weight excluding hydrogens is 475 g/mol. The van der Waals surface area contributed by atoms with Gasteiger partial charge in [-0.2, -0.15) is 5.10 Å². The first-order valence-corrected chi connectivity index (χ1v) is 12.0. The molecule has 2 aliphatic rings. The molecule has 0 N–H and O–H groups in total. The molecule has 1 aromatic heterocycles. The predicted octanol–water partition coefficient (Wildman–Crippen LogP) is 6.72. The van der Waals surface area contributed by atoms with Gasteiger partial charge in [0.25, 0.3) is 0 Å². The minimum Gasteiger partial charge on any atom is -0.464 e. The minimum atomic E-state index is -0.328. The number of halogens is 2. The molecule has 0 aliphatic carbocycles. The lowest BCUT2D eigenvalue weighted by molar-refractivity contribution is -0.105. The van der Waals surface area contributed by atoms with Gasteiger partial charge in [0.15, 0.2) is 12.5 Å². The third kappa shape index (κ3) is 4.75. The van der Waals surface area contributed by atoms with Crippen LogP contribution in [0.4, 0.5) is 4.39 Å². The first kappa shape index (κ1) is 21.6. The summed E-state index contributed by atoms with van der Waals surface area (Å²) < 4.78 is 35.2. The van der Waals surface area contributed by atoms with Crippen LogP contribution < -0.4 is 4.74 Å². The summed E-state index contributed by atoms with van der Waals surface area (Å²) in [6.45, 7) is 1.40. The first-order valence-electron chi connectivity index (χ1n) is 11.2. The van der Waals surface area contributed by atoms with Crippen LogP contribution in [0.5, 0.6) is 5.75 Å². The van der Waals surface area contributed by atoms with Gasteiger partial charge in [-0.1, -0.05) is 28.1 Å². The van der Waals surface area contributed by atoms with E-state index in [1.54, 1.807) is 6.07 Å². The van der Waals surface area contributed by atoms with Crippen molar-refractivity contribution in [3.05, 3.63) is 58.8 Å². The van der Waals surface area contributed by atoms with E-state index in [-0.39, 0.29) is 18.3 Å². The molecule has 2 atom stereocenters. The van der Waals surface area contributed by atoms with Gasteiger partial charge in [0, 0.05) is 23.1 Å². The summed E-state index contributed by atoms with van der Waals surface area (Å²) in [5.41, 5.74) is 3.23. The Labute approximate surface area is 195 Å². The highest BCUT2D eigenvalue weighted by atomic mass is 79.9. The highest BCUT2D eigenvalue weighted by Crippen LogP contribution is 2.37. The van der Waals surface area contributed by atoms with E-state index < -0.39 is 0 Å². The van der Waals surface area contributed by atoms with Crippen LogP contribution in [-0.4, -0.2) is 29.3 Å². The second-order valence-electron chi connectivity index (χ2n) is 8.24. The maximum atomic E-state index is 14.3. The number of benzene rings is 2. The van der Waals surface area contributed by atoms with Gasteiger partial charge >= 0.3 is 0 Å². The molecule has 0 amide bonds. The summed E-state index contributed by atoms with van der Waals surface area (Å²) in [7, 11) is 0. The summed E-state index contributed by atoms with van der Waals surface area (Å²) in [5.74, 6) is 0.250. The summed E-state index contributed by atoms with van der Waals surface area (Å²) in [6.07, 6.45) is 5.51. The van der Waals surface area contributed by atoms with E-state index in [0.29, 0.717) is 30.2 Å². The fourth-order valence-electron chi connectivity index (χ4n) is 4.25. The second-order valence-corrected chi connectivity index (χ2v) is 9.16. The second kappa shape index (κ2) is 9.73. The predicted molar refractivity (Wildman–Crippen MR) is 124 cm³/mol. The van der Waals surface area contributed by atoms with E-state index >= 15 is 0 Å². The molecule has 0 radical (unpaired) electrons. The van der Waals surface area contributed by atoms with E-state index in [2.05, 4.69) is 15.9 Å². The van der Waals surface area contributed by atoms with Crippen LogP contribution in [-0.2, 0) is 9.47 Å². The van der Waals surface area contributed by atoms with E-state index in [1.165, 1.54) is 12.1 Å². The van der Waals surface area contributed by atoms with Crippen molar-refractivity contribution < 1.29 is 18.6 Å². The van der Waals surface area contributed by atoms with E-state index in [4.69, 9.17) is 19.3 Å². The highest BCUT2D eigenvalue weighted by molar-refractivity contribution is 9.10. The fourth-order valence-corrected chi connectivity index (χ4v) is 4.51. The number of ether oxygens (including phenoxy) is 3. The summed E-state index contributed by atoms with van der Waals surface area (Å²) in [6, 6.07) is 14.7. The maximum absolute atomic E-state index is 14.3. The van der Waals surface area contributed by atoms with Crippen LogP contribution in [0.1, 0.15) is 44.8 Å². The molecule has 2 unspecified atom stereocenters. The minimum absolute atomic E-state index is 0.143. The van der Waals surface area contributed by atoms with Gasteiger partial charge in [0.2, 0.25) is 0 Å². The van der Waals surface area contributed by atoms with Crippen molar-refractivity contribution in [2.24, 2.45) is 0 Å². The third-order valence-corrected chi connectivity index (χ3v) is 6.45. The van der Waals surface area contributed by atoms with Crippen molar-refractivity contribution in [2.75, 3.05) is 13.2 Å². The lowest BCUT2D eigenvalue weighted by Gasteiger charge is -2.25. The molecule has 2 aromatic carbocycles. The molecule has 3 heterocycles. The molecule has 0 saturated carbocycles. The maximum Gasteiger partial charge on any atom is 0.199 e. The topological polar surface area (TPSA) is 45.5 Å². The first-order chi connectivity index (χ1) is 15.7. The average molecular weight is 501 g/mol. The van der Waals surface area contributed by atoms with Gasteiger partial charge in [-0.15, -0.1) is 0 Å². The molecule has 5 rings (SSSR count). The number of nitrogens with zero attached hydrogens (tertiary/aromatic N) is 2. The van der Waals surface area contributed by atoms with Crippen molar-refractivity contribution in [2.45, 2.75) is 51.0 Å². The lowest BCUT2D eigenvalue weighted by atomic mass is 10.1. The van der Waals surface area contributed by atoms with E-state index in [9.17, 15) is 4.39 Å². The standard InChI is InChI=1S/C25H26BrFN2O3/c26-18-9-7-17(8-10-18)22-16-21(28-29(22)24-5-1-3-13-30-24)20-15-19(27)11-12-23(20)32-25-6-2-4-14-31-25/h7-12,15-16,24-25H,1-6,13-14H2. The number of rotatable bonds is 5. The smallest absolute Gasteiger partial charge is 0.199 e. The van der Waals surface area contributed by atoms with Crippen LogP contribution in [0.3, 0.4) is 0 Å². The molecule has 5 nitrogen and oxygen atoms in total. The fraction of sp³-hybridized carbons (Fsp3) is 0.400. The largest absolute Gasteiger partial charge is 0.464 e. The third-order valence-electron chi connectivity index (χ3n) is 5.92. The van der Waals surface area contributed by atoms with Gasteiger partial charge in [0.05, 0.1) is 18.0 Å². The molecule has 2 aliphatic heterocycles. The molecule has 32 heavy (non-hydrogen) atoms. The zero-order valence-electron chi connectivity index (χ0n) is 17.8. The highest BCUT2D eigenvalue weighted by Gasteiger charge is 2.24. The van der Waals surface area contributed by atoms with Crippen molar-refractivity contribution in [1.29, 1.82) is 0 Å². The Morgan fingerprint density at radius 1 is 0.938 bits per heavy atom. The zero-order valence-corrected chi connectivity index (χ0v) is 19.4. The van der Waals surface area contributed by atoms with Gasteiger partial charge in [-0.05, 0) is 74.1 Å². The Balaban J connectivity index is 1.56. The molecule has 3 aromatic rings. The van der Waals surface area contributed by atoms with Crippen molar-refractivity contribution in [1.82, 2.24) is 9.78 Å². The van der Waals surface area contributed by atoms with Gasteiger partial charge < -0.3 is 14.2 Å². The Bertz CT molecular complexity index is 1060. The van der Waals surface area contributed by atoms with Gasteiger partial charge in [-0.25, -0.2) is 9.07 Å². The summed E-state index contributed by atoms with van der Waals surface area (Å²) in [4.78, 5) is 0. The Hall–Kier alpha value is -2.22. The van der Waals surface area contributed by atoms with Crippen LogP contribution >= 0.6 is 15.9 Å². The van der Waals surface area contributed by atoms with Gasteiger partial charge in [0.1, 0.15) is 11.6 Å². The monoisotopic (exact) mass is 500 g/mol. The molecular formula is C25H26BrFN2O3. The van der Waals surface area contributed by atoms with Crippen LogP contribution in [0, 0.1) is 5.82 Å². The summed E-state index contributed by atoms with van der Waals surface area (Å²) >= 11 is 3.50. The Kier molecular flexibility index (Phi) is 6.57. The zero-order chi connectivity index (χ0) is 21.9. The van der Waals surface area contributed by atoms with E-state index in [0.717, 1.165) is 54.3 Å². The number of aromatic nitrogens is 2.